The average Bonchev–Trinajstić information content (AvgIpc) is 2.20. The Morgan fingerprint density at radius 1 is 1.25 bits per heavy atom. The number of amides is 1. The molecule has 0 aliphatic carbocycles. The van der Waals surface area contributed by atoms with Gasteiger partial charge in [0.15, 0.2) is 9.84 Å². The minimum absolute atomic E-state index is 0.0455. The first-order chi connectivity index (χ1) is 7.43. The van der Waals surface area contributed by atoms with E-state index >= 15 is 0 Å². The number of nitrogens with one attached hydrogen (secondary N) is 1. The Labute approximate surface area is 95.6 Å². The van der Waals surface area contributed by atoms with Crippen molar-refractivity contribution >= 4 is 21.4 Å². The second kappa shape index (κ2) is 5.12. The number of carbonyl (C=O) groups is 1. The molecule has 1 aromatic carbocycles. The fraction of sp³-hybridized carbons (Fsp3) is 0.364. The maximum atomic E-state index is 11.4. The molecule has 5 heteroatoms. The van der Waals surface area contributed by atoms with Gasteiger partial charge in [-0.1, -0.05) is 19.1 Å². The van der Waals surface area contributed by atoms with Crippen molar-refractivity contribution in [1.82, 2.24) is 0 Å². The third-order valence-electron chi connectivity index (χ3n) is 2.10. The van der Waals surface area contributed by atoms with E-state index in [0.29, 0.717) is 5.69 Å². The lowest BCUT2D eigenvalue weighted by Gasteiger charge is -2.04. The summed E-state index contributed by atoms with van der Waals surface area (Å²) >= 11 is 0. The van der Waals surface area contributed by atoms with Gasteiger partial charge in [-0.3, -0.25) is 4.79 Å². The van der Waals surface area contributed by atoms with Crippen molar-refractivity contribution in [3.8, 4) is 0 Å². The van der Waals surface area contributed by atoms with Crippen molar-refractivity contribution in [3.05, 3.63) is 29.8 Å². The van der Waals surface area contributed by atoms with Crippen LogP contribution in [0.2, 0.25) is 0 Å². The maximum absolute atomic E-state index is 11.4. The summed E-state index contributed by atoms with van der Waals surface area (Å²) in [6.07, 6.45) is 0. The van der Waals surface area contributed by atoms with Crippen molar-refractivity contribution in [2.24, 2.45) is 0 Å². The van der Waals surface area contributed by atoms with Crippen LogP contribution >= 0.6 is 0 Å². The number of hydrogen-bond acceptors (Lipinski definition) is 3. The van der Waals surface area contributed by atoms with Gasteiger partial charge >= 0.3 is 0 Å². The van der Waals surface area contributed by atoms with Gasteiger partial charge in [0.1, 0.15) is 0 Å². The lowest BCUT2D eigenvalue weighted by Crippen LogP contribution is -2.08. The molecule has 88 valence electrons. The van der Waals surface area contributed by atoms with Crippen molar-refractivity contribution in [3.63, 3.8) is 0 Å². The second-order valence-corrected chi connectivity index (χ2v) is 5.91. The molecule has 1 N–H and O–H groups in total. The first-order valence-electron chi connectivity index (χ1n) is 5.00. The molecule has 0 saturated carbocycles. The van der Waals surface area contributed by atoms with Crippen LogP contribution in [0.3, 0.4) is 0 Å². The summed E-state index contributed by atoms with van der Waals surface area (Å²) in [7, 11) is -3.00. The molecule has 4 nitrogen and oxygen atoms in total. The SMILES string of the molecule is CCS(=O)(=O)Cc1ccc(NC(C)=O)cc1. The van der Waals surface area contributed by atoms with E-state index in [-0.39, 0.29) is 17.4 Å². The highest BCUT2D eigenvalue weighted by atomic mass is 32.2. The summed E-state index contributed by atoms with van der Waals surface area (Å²) in [5, 5.41) is 2.62. The highest BCUT2D eigenvalue weighted by Crippen LogP contribution is 2.12. The van der Waals surface area contributed by atoms with Gasteiger partial charge in [-0.15, -0.1) is 0 Å². The third kappa shape index (κ3) is 4.02. The van der Waals surface area contributed by atoms with Crippen molar-refractivity contribution in [1.29, 1.82) is 0 Å². The molecule has 0 spiro atoms. The highest BCUT2D eigenvalue weighted by molar-refractivity contribution is 7.90. The summed E-state index contributed by atoms with van der Waals surface area (Å²) in [6, 6.07) is 6.81. The summed E-state index contributed by atoms with van der Waals surface area (Å²) in [5.41, 5.74) is 1.40. The van der Waals surface area contributed by atoms with Gasteiger partial charge in [0.25, 0.3) is 0 Å². The van der Waals surface area contributed by atoms with E-state index in [1.165, 1.54) is 6.92 Å². The molecule has 1 amide bonds. The van der Waals surface area contributed by atoms with E-state index in [9.17, 15) is 13.2 Å². The van der Waals surface area contributed by atoms with E-state index in [1.807, 2.05) is 0 Å². The Kier molecular flexibility index (Phi) is 4.06. The van der Waals surface area contributed by atoms with Gasteiger partial charge in [0.2, 0.25) is 5.91 Å². The molecule has 0 aliphatic rings. The van der Waals surface area contributed by atoms with Crippen LogP contribution in [-0.2, 0) is 20.4 Å². The Hall–Kier alpha value is -1.36. The molecule has 0 aromatic heterocycles. The molecule has 0 bridgehead atoms. The zero-order valence-corrected chi connectivity index (χ0v) is 10.2. The molecule has 0 heterocycles. The third-order valence-corrected chi connectivity index (χ3v) is 3.75. The van der Waals surface area contributed by atoms with E-state index in [2.05, 4.69) is 5.32 Å². The first kappa shape index (κ1) is 12.7. The smallest absolute Gasteiger partial charge is 0.221 e. The van der Waals surface area contributed by atoms with Crippen LogP contribution in [0.5, 0.6) is 0 Å². The Morgan fingerprint density at radius 2 is 1.81 bits per heavy atom. The van der Waals surface area contributed by atoms with Crippen LogP contribution in [0.1, 0.15) is 19.4 Å². The number of carbonyl (C=O) groups excluding carboxylic acids is 1. The fourth-order valence-electron chi connectivity index (χ4n) is 1.24. The molecule has 0 radical (unpaired) electrons. The summed E-state index contributed by atoms with van der Waals surface area (Å²) in [5.74, 6) is 0.0403. The van der Waals surface area contributed by atoms with Gasteiger partial charge in [-0.25, -0.2) is 8.42 Å². The van der Waals surface area contributed by atoms with Crippen LogP contribution in [0.4, 0.5) is 5.69 Å². The number of anilines is 1. The van der Waals surface area contributed by atoms with Gasteiger partial charge in [-0.2, -0.15) is 0 Å². The minimum Gasteiger partial charge on any atom is -0.326 e. The van der Waals surface area contributed by atoms with Gasteiger partial charge in [0.05, 0.1) is 5.75 Å². The number of benzene rings is 1. The van der Waals surface area contributed by atoms with Crippen molar-refractivity contribution in [2.45, 2.75) is 19.6 Å². The Bertz CT molecular complexity index is 463. The quantitative estimate of drug-likeness (QED) is 0.870. The molecular weight excluding hydrogens is 226 g/mol. The lowest BCUT2D eigenvalue weighted by molar-refractivity contribution is -0.114. The Morgan fingerprint density at radius 3 is 2.25 bits per heavy atom. The van der Waals surface area contributed by atoms with E-state index in [0.717, 1.165) is 5.56 Å². The van der Waals surface area contributed by atoms with Crippen LogP contribution in [-0.4, -0.2) is 20.1 Å². The molecule has 1 aromatic rings. The van der Waals surface area contributed by atoms with E-state index < -0.39 is 9.84 Å². The van der Waals surface area contributed by atoms with Gasteiger partial charge in [0, 0.05) is 18.4 Å². The summed E-state index contributed by atoms with van der Waals surface area (Å²) < 4.78 is 22.7. The van der Waals surface area contributed by atoms with E-state index in [1.54, 1.807) is 31.2 Å². The van der Waals surface area contributed by atoms with Crippen molar-refractivity contribution < 1.29 is 13.2 Å². The van der Waals surface area contributed by atoms with Crippen LogP contribution in [0.25, 0.3) is 0 Å². The predicted octanol–water partition coefficient (Wildman–Crippen LogP) is 1.58. The minimum atomic E-state index is -3.00. The second-order valence-electron chi connectivity index (χ2n) is 3.55. The van der Waals surface area contributed by atoms with Gasteiger partial charge < -0.3 is 5.32 Å². The normalized spacial score (nSPS) is 11.1. The van der Waals surface area contributed by atoms with Crippen molar-refractivity contribution in [2.75, 3.05) is 11.1 Å². The number of rotatable bonds is 4. The van der Waals surface area contributed by atoms with E-state index in [4.69, 9.17) is 0 Å². The average molecular weight is 241 g/mol. The highest BCUT2D eigenvalue weighted by Gasteiger charge is 2.08. The largest absolute Gasteiger partial charge is 0.326 e. The molecule has 0 atom stereocenters. The molecule has 0 saturated heterocycles. The number of sulfone groups is 1. The Balaban J connectivity index is 2.76. The molecule has 1 rings (SSSR count). The van der Waals surface area contributed by atoms with Gasteiger partial charge in [-0.05, 0) is 17.7 Å². The summed E-state index contributed by atoms with van der Waals surface area (Å²) in [4.78, 5) is 10.8. The fourth-order valence-corrected chi connectivity index (χ4v) is 2.15. The molecule has 16 heavy (non-hydrogen) atoms. The molecular formula is C11H15NO3S. The molecule has 0 unspecified atom stereocenters. The standard InChI is InChI=1S/C11H15NO3S/c1-3-16(14,15)8-10-4-6-11(7-5-10)12-9(2)13/h4-7H,3,8H2,1-2H3,(H,12,13). The zero-order chi connectivity index (χ0) is 12.2. The lowest BCUT2D eigenvalue weighted by atomic mass is 10.2. The molecule has 0 fully saturated rings. The van der Waals surface area contributed by atoms with Crippen LogP contribution < -0.4 is 5.32 Å². The number of hydrogen-bond donors (Lipinski definition) is 1. The zero-order valence-electron chi connectivity index (χ0n) is 9.36. The first-order valence-corrected chi connectivity index (χ1v) is 6.82. The van der Waals surface area contributed by atoms with Crippen LogP contribution in [0.15, 0.2) is 24.3 Å². The monoisotopic (exact) mass is 241 g/mol. The maximum Gasteiger partial charge on any atom is 0.221 e. The van der Waals surface area contributed by atoms with Crippen LogP contribution in [0, 0.1) is 0 Å². The summed E-state index contributed by atoms with van der Waals surface area (Å²) in [6.45, 7) is 3.05. The predicted molar refractivity (Wildman–Crippen MR) is 63.9 cm³/mol. The molecule has 0 aliphatic heterocycles. The topological polar surface area (TPSA) is 63.2 Å².